The summed E-state index contributed by atoms with van der Waals surface area (Å²) in [5.74, 6) is -0.287. The van der Waals surface area contributed by atoms with Crippen molar-refractivity contribution in [3.05, 3.63) is 66.1 Å². The highest BCUT2D eigenvalue weighted by atomic mass is 16.1. The molecule has 3 heterocycles. The van der Waals surface area contributed by atoms with Gasteiger partial charge in [-0.3, -0.25) is 14.2 Å². The van der Waals surface area contributed by atoms with E-state index in [0.29, 0.717) is 19.4 Å². The summed E-state index contributed by atoms with van der Waals surface area (Å²) in [7, 11) is 0. The molecule has 0 saturated heterocycles. The first-order chi connectivity index (χ1) is 13.6. The average molecular weight is 374 g/mol. The molecule has 2 N–H and O–H groups in total. The number of carbonyl (C=O) groups excluding carboxylic acids is 1. The highest BCUT2D eigenvalue weighted by Gasteiger charge is 2.11. The fourth-order valence-electron chi connectivity index (χ4n) is 3.38. The largest absolute Gasteiger partial charge is 0.370 e. The summed E-state index contributed by atoms with van der Waals surface area (Å²) in [6.07, 6.45) is 6.54. The van der Waals surface area contributed by atoms with E-state index >= 15 is 0 Å². The van der Waals surface area contributed by atoms with Crippen molar-refractivity contribution < 1.29 is 4.79 Å². The van der Waals surface area contributed by atoms with Crippen molar-refractivity contribution in [3.8, 4) is 11.3 Å². The van der Waals surface area contributed by atoms with Crippen LogP contribution in [0.4, 0.5) is 0 Å². The van der Waals surface area contributed by atoms with Gasteiger partial charge in [0.15, 0.2) is 0 Å². The number of fused-ring (bicyclic) bond motifs is 1. The zero-order valence-corrected chi connectivity index (χ0v) is 15.7. The lowest BCUT2D eigenvalue weighted by Crippen LogP contribution is -2.12. The molecule has 0 aliphatic heterocycles. The molecule has 142 valence electrons. The van der Waals surface area contributed by atoms with Gasteiger partial charge in [0.05, 0.1) is 24.0 Å². The quantitative estimate of drug-likeness (QED) is 0.538. The molecule has 0 fully saturated rings. The molecule has 7 heteroatoms. The van der Waals surface area contributed by atoms with E-state index in [1.54, 1.807) is 12.4 Å². The molecule has 0 aliphatic carbocycles. The summed E-state index contributed by atoms with van der Waals surface area (Å²) in [6, 6.07) is 12.4. The van der Waals surface area contributed by atoms with Gasteiger partial charge in [0.1, 0.15) is 5.52 Å². The number of aromatic nitrogens is 5. The van der Waals surface area contributed by atoms with Crippen LogP contribution in [0.2, 0.25) is 0 Å². The van der Waals surface area contributed by atoms with Crippen LogP contribution in [0.5, 0.6) is 0 Å². The van der Waals surface area contributed by atoms with Crippen molar-refractivity contribution in [2.75, 3.05) is 0 Å². The van der Waals surface area contributed by atoms with E-state index in [4.69, 9.17) is 10.7 Å². The Labute approximate surface area is 162 Å². The van der Waals surface area contributed by atoms with Crippen LogP contribution >= 0.6 is 0 Å². The standard InChI is InChI=1S/C21H22N6O/c1-15-12-18(17-7-5-16(6-8-17)14-26-10-3-9-23-26)25-19-13-24-27(21(15)19)11-2-4-20(22)28/h3,5-10,12-13H,2,4,11,14H2,1H3,(H2,22,28). The third-order valence-corrected chi connectivity index (χ3v) is 4.73. The molecule has 0 unspecified atom stereocenters. The number of amides is 1. The van der Waals surface area contributed by atoms with Crippen LogP contribution in [-0.2, 0) is 17.9 Å². The van der Waals surface area contributed by atoms with Crippen molar-refractivity contribution in [1.82, 2.24) is 24.5 Å². The lowest BCUT2D eigenvalue weighted by Gasteiger charge is -2.08. The van der Waals surface area contributed by atoms with Crippen LogP contribution in [0.1, 0.15) is 24.0 Å². The molecule has 28 heavy (non-hydrogen) atoms. The molecule has 4 rings (SSSR count). The number of hydrogen-bond donors (Lipinski definition) is 1. The van der Waals surface area contributed by atoms with E-state index in [1.165, 1.54) is 5.56 Å². The Morgan fingerprint density at radius 2 is 2.00 bits per heavy atom. The maximum atomic E-state index is 10.9. The third kappa shape index (κ3) is 3.78. The Morgan fingerprint density at radius 3 is 2.71 bits per heavy atom. The maximum absolute atomic E-state index is 10.9. The van der Waals surface area contributed by atoms with Gasteiger partial charge in [0.2, 0.25) is 5.91 Å². The smallest absolute Gasteiger partial charge is 0.217 e. The highest BCUT2D eigenvalue weighted by Crippen LogP contribution is 2.25. The van der Waals surface area contributed by atoms with Crippen LogP contribution in [-0.4, -0.2) is 30.5 Å². The van der Waals surface area contributed by atoms with E-state index < -0.39 is 0 Å². The van der Waals surface area contributed by atoms with E-state index in [2.05, 4.69) is 47.5 Å². The van der Waals surface area contributed by atoms with E-state index in [0.717, 1.165) is 34.4 Å². The lowest BCUT2D eigenvalue weighted by molar-refractivity contribution is -0.118. The normalized spacial score (nSPS) is 11.2. The second-order valence-electron chi connectivity index (χ2n) is 6.90. The first-order valence-corrected chi connectivity index (χ1v) is 9.28. The van der Waals surface area contributed by atoms with Crippen LogP contribution < -0.4 is 5.73 Å². The number of pyridine rings is 1. The number of carbonyl (C=O) groups is 1. The van der Waals surface area contributed by atoms with Crippen molar-refractivity contribution in [2.24, 2.45) is 5.73 Å². The number of primary amides is 1. The van der Waals surface area contributed by atoms with Gasteiger partial charge < -0.3 is 5.73 Å². The second-order valence-corrected chi connectivity index (χ2v) is 6.90. The van der Waals surface area contributed by atoms with Crippen LogP contribution in [0.3, 0.4) is 0 Å². The molecule has 0 radical (unpaired) electrons. The van der Waals surface area contributed by atoms with Gasteiger partial charge in [-0.2, -0.15) is 10.2 Å². The van der Waals surface area contributed by atoms with E-state index in [-0.39, 0.29) is 5.91 Å². The summed E-state index contributed by atoms with van der Waals surface area (Å²) in [6.45, 7) is 3.46. The minimum atomic E-state index is -0.287. The summed E-state index contributed by atoms with van der Waals surface area (Å²) >= 11 is 0. The number of rotatable bonds is 7. The summed E-state index contributed by atoms with van der Waals surface area (Å²) in [4.78, 5) is 15.7. The maximum Gasteiger partial charge on any atom is 0.217 e. The summed E-state index contributed by atoms with van der Waals surface area (Å²) in [5.41, 5.74) is 11.4. The number of nitrogens with two attached hydrogens (primary N) is 1. The first kappa shape index (κ1) is 17.9. The van der Waals surface area contributed by atoms with Crippen LogP contribution in [0.25, 0.3) is 22.3 Å². The Kier molecular flexibility index (Phi) is 4.89. The first-order valence-electron chi connectivity index (χ1n) is 9.28. The van der Waals surface area contributed by atoms with Gasteiger partial charge in [-0.1, -0.05) is 24.3 Å². The van der Waals surface area contributed by atoms with Gasteiger partial charge in [0.25, 0.3) is 0 Å². The monoisotopic (exact) mass is 374 g/mol. The van der Waals surface area contributed by atoms with Gasteiger partial charge in [0, 0.05) is 30.9 Å². The van der Waals surface area contributed by atoms with E-state index in [1.807, 2.05) is 21.6 Å². The molecule has 0 aliphatic rings. The van der Waals surface area contributed by atoms with Crippen molar-refractivity contribution in [3.63, 3.8) is 0 Å². The van der Waals surface area contributed by atoms with Gasteiger partial charge in [-0.05, 0) is 36.6 Å². The molecule has 0 saturated carbocycles. The fraction of sp³-hybridized carbons (Fsp3) is 0.238. The number of benzene rings is 1. The number of aryl methyl sites for hydroxylation is 2. The fourth-order valence-corrected chi connectivity index (χ4v) is 3.38. The highest BCUT2D eigenvalue weighted by molar-refractivity contribution is 5.81. The van der Waals surface area contributed by atoms with Crippen molar-refractivity contribution >= 4 is 16.9 Å². The Morgan fingerprint density at radius 1 is 1.18 bits per heavy atom. The molecule has 0 bridgehead atoms. The lowest BCUT2D eigenvalue weighted by atomic mass is 10.1. The third-order valence-electron chi connectivity index (χ3n) is 4.73. The Bertz CT molecular complexity index is 1100. The molecule has 0 atom stereocenters. The SMILES string of the molecule is Cc1cc(-c2ccc(Cn3cccn3)cc2)nc2cnn(CCCC(N)=O)c12. The predicted octanol–water partition coefficient (Wildman–Crippen LogP) is 2.92. The molecule has 1 aromatic carbocycles. The van der Waals surface area contributed by atoms with E-state index in [9.17, 15) is 4.79 Å². The molecule has 1 amide bonds. The minimum Gasteiger partial charge on any atom is -0.370 e. The molecule has 0 spiro atoms. The van der Waals surface area contributed by atoms with Gasteiger partial charge >= 0.3 is 0 Å². The number of hydrogen-bond acceptors (Lipinski definition) is 4. The summed E-state index contributed by atoms with van der Waals surface area (Å²) < 4.78 is 3.80. The van der Waals surface area contributed by atoms with Crippen LogP contribution in [0, 0.1) is 6.92 Å². The van der Waals surface area contributed by atoms with Crippen molar-refractivity contribution in [2.45, 2.75) is 32.9 Å². The molecule has 3 aromatic heterocycles. The zero-order valence-electron chi connectivity index (χ0n) is 15.7. The topological polar surface area (TPSA) is 91.6 Å². The molecular weight excluding hydrogens is 352 g/mol. The minimum absolute atomic E-state index is 0.287. The van der Waals surface area contributed by atoms with Crippen molar-refractivity contribution in [1.29, 1.82) is 0 Å². The Hall–Kier alpha value is -3.48. The molecule has 7 nitrogen and oxygen atoms in total. The molecular formula is C21H22N6O. The number of nitrogens with zero attached hydrogens (tertiary/aromatic N) is 5. The predicted molar refractivity (Wildman–Crippen MR) is 107 cm³/mol. The van der Waals surface area contributed by atoms with Crippen LogP contribution in [0.15, 0.2) is 55.0 Å². The molecule has 4 aromatic rings. The van der Waals surface area contributed by atoms with Gasteiger partial charge in [-0.25, -0.2) is 4.98 Å². The second kappa shape index (κ2) is 7.64. The average Bonchev–Trinajstić information content (AvgIpc) is 3.32. The van der Waals surface area contributed by atoms with Gasteiger partial charge in [-0.15, -0.1) is 0 Å². The Balaban J connectivity index is 1.56. The summed E-state index contributed by atoms with van der Waals surface area (Å²) in [5, 5.41) is 8.68. The zero-order chi connectivity index (χ0) is 19.5.